The molecule has 1 atom stereocenters. The van der Waals surface area contributed by atoms with Crippen molar-refractivity contribution in [2.24, 2.45) is 0 Å². The highest BCUT2D eigenvalue weighted by Gasteiger charge is 2.16. The van der Waals surface area contributed by atoms with Gasteiger partial charge in [0.05, 0.1) is 5.69 Å². The Morgan fingerprint density at radius 3 is 2.83 bits per heavy atom. The number of carbonyl (C=O) groups is 1. The van der Waals surface area contributed by atoms with Crippen LogP contribution in [-0.2, 0) is 11.3 Å². The molecule has 0 aliphatic carbocycles. The summed E-state index contributed by atoms with van der Waals surface area (Å²) < 4.78 is 1.22. The summed E-state index contributed by atoms with van der Waals surface area (Å²) in [5, 5.41) is 10.5. The number of nitrogens with zero attached hydrogens (tertiary/aromatic N) is 2. The van der Waals surface area contributed by atoms with Gasteiger partial charge in [-0.2, -0.15) is 5.10 Å². The molecule has 120 valence electrons. The molecule has 3 rings (SSSR count). The van der Waals surface area contributed by atoms with Gasteiger partial charge in [0, 0.05) is 24.2 Å². The zero-order valence-electron chi connectivity index (χ0n) is 12.9. The third kappa shape index (κ3) is 4.04. The molecule has 0 radical (unpaired) electrons. The molecular formula is C17H20N4O2. The molecule has 2 heterocycles. The molecule has 6 heteroatoms. The van der Waals surface area contributed by atoms with Gasteiger partial charge in [-0.25, -0.2) is 4.68 Å². The van der Waals surface area contributed by atoms with Crippen molar-refractivity contribution in [3.63, 3.8) is 0 Å². The summed E-state index contributed by atoms with van der Waals surface area (Å²) in [7, 11) is 0. The predicted molar refractivity (Wildman–Crippen MR) is 88.0 cm³/mol. The summed E-state index contributed by atoms with van der Waals surface area (Å²) in [6.07, 6.45) is 2.01. The number of piperidine rings is 1. The number of amides is 1. The van der Waals surface area contributed by atoms with Gasteiger partial charge in [0.25, 0.3) is 5.56 Å². The minimum Gasteiger partial charge on any atom is -0.350 e. The van der Waals surface area contributed by atoms with Gasteiger partial charge in [0.15, 0.2) is 0 Å². The Bertz CT molecular complexity index is 721. The molecule has 1 aliphatic heterocycles. The molecule has 1 amide bonds. The Balaban J connectivity index is 1.72. The smallest absolute Gasteiger partial charge is 0.267 e. The van der Waals surface area contributed by atoms with E-state index in [0.29, 0.717) is 5.69 Å². The van der Waals surface area contributed by atoms with E-state index in [-0.39, 0.29) is 24.1 Å². The van der Waals surface area contributed by atoms with Crippen LogP contribution in [0.15, 0.2) is 47.3 Å². The van der Waals surface area contributed by atoms with Crippen LogP contribution in [-0.4, -0.2) is 34.8 Å². The summed E-state index contributed by atoms with van der Waals surface area (Å²) in [6, 6.07) is 12.8. The Hall–Kier alpha value is -2.47. The maximum Gasteiger partial charge on any atom is 0.267 e. The van der Waals surface area contributed by atoms with Gasteiger partial charge in [-0.05, 0) is 25.5 Å². The van der Waals surface area contributed by atoms with Crippen LogP contribution < -0.4 is 16.2 Å². The SMILES string of the molecule is O=C(Cn1nc(-c2ccccc2)ccc1=O)NC1CCCNC1. The number of rotatable bonds is 4. The van der Waals surface area contributed by atoms with Crippen molar-refractivity contribution in [2.75, 3.05) is 13.1 Å². The zero-order valence-corrected chi connectivity index (χ0v) is 12.9. The van der Waals surface area contributed by atoms with E-state index in [9.17, 15) is 9.59 Å². The quantitative estimate of drug-likeness (QED) is 0.875. The Morgan fingerprint density at radius 1 is 1.26 bits per heavy atom. The van der Waals surface area contributed by atoms with Gasteiger partial charge in [0.2, 0.25) is 5.91 Å². The highest BCUT2D eigenvalue weighted by molar-refractivity contribution is 5.76. The number of hydrogen-bond acceptors (Lipinski definition) is 4. The summed E-state index contributed by atoms with van der Waals surface area (Å²) in [5.74, 6) is -0.182. The third-order valence-electron chi connectivity index (χ3n) is 3.89. The number of aromatic nitrogens is 2. The van der Waals surface area contributed by atoms with Crippen LogP contribution in [0.5, 0.6) is 0 Å². The first-order valence-electron chi connectivity index (χ1n) is 7.86. The van der Waals surface area contributed by atoms with Crippen LogP contribution in [0.4, 0.5) is 0 Å². The molecule has 1 aliphatic rings. The highest BCUT2D eigenvalue weighted by atomic mass is 16.2. The molecule has 1 aromatic carbocycles. The second-order valence-corrected chi connectivity index (χ2v) is 5.69. The molecule has 0 bridgehead atoms. The first kappa shape index (κ1) is 15.4. The van der Waals surface area contributed by atoms with Gasteiger partial charge >= 0.3 is 0 Å². The van der Waals surface area contributed by atoms with Gasteiger partial charge in [0.1, 0.15) is 6.54 Å². The maximum atomic E-state index is 12.1. The Labute approximate surface area is 134 Å². The van der Waals surface area contributed by atoms with Crippen LogP contribution in [0.1, 0.15) is 12.8 Å². The van der Waals surface area contributed by atoms with Gasteiger partial charge in [-0.15, -0.1) is 0 Å². The minimum absolute atomic E-state index is 0.0595. The topological polar surface area (TPSA) is 76.0 Å². The third-order valence-corrected chi connectivity index (χ3v) is 3.89. The first-order valence-corrected chi connectivity index (χ1v) is 7.86. The van der Waals surface area contributed by atoms with Crippen LogP contribution in [0, 0.1) is 0 Å². The van der Waals surface area contributed by atoms with E-state index in [1.54, 1.807) is 6.07 Å². The van der Waals surface area contributed by atoms with Crippen LogP contribution in [0.2, 0.25) is 0 Å². The molecule has 23 heavy (non-hydrogen) atoms. The fraction of sp³-hybridized carbons (Fsp3) is 0.353. The van der Waals surface area contributed by atoms with Crippen molar-refractivity contribution in [3.05, 3.63) is 52.8 Å². The first-order chi connectivity index (χ1) is 11.2. The lowest BCUT2D eigenvalue weighted by Crippen LogP contribution is -2.47. The summed E-state index contributed by atoms with van der Waals surface area (Å²) in [4.78, 5) is 24.1. The van der Waals surface area contributed by atoms with Crippen molar-refractivity contribution in [1.82, 2.24) is 20.4 Å². The van der Waals surface area contributed by atoms with E-state index in [1.807, 2.05) is 30.3 Å². The van der Waals surface area contributed by atoms with E-state index in [2.05, 4.69) is 15.7 Å². The zero-order chi connectivity index (χ0) is 16.1. The van der Waals surface area contributed by atoms with E-state index in [1.165, 1.54) is 10.7 Å². The average molecular weight is 312 g/mol. The average Bonchev–Trinajstić information content (AvgIpc) is 2.58. The number of hydrogen-bond donors (Lipinski definition) is 2. The van der Waals surface area contributed by atoms with Gasteiger partial charge in [-0.3, -0.25) is 9.59 Å². The second kappa shape index (κ2) is 7.19. The second-order valence-electron chi connectivity index (χ2n) is 5.69. The normalized spacial score (nSPS) is 17.7. The van der Waals surface area contributed by atoms with Crippen molar-refractivity contribution in [2.45, 2.75) is 25.4 Å². The van der Waals surface area contributed by atoms with Crippen LogP contribution in [0.25, 0.3) is 11.3 Å². The van der Waals surface area contributed by atoms with Crippen molar-refractivity contribution in [3.8, 4) is 11.3 Å². The molecule has 0 saturated carbocycles. The lowest BCUT2D eigenvalue weighted by Gasteiger charge is -2.23. The van der Waals surface area contributed by atoms with Crippen LogP contribution in [0.3, 0.4) is 0 Å². The van der Waals surface area contributed by atoms with Gasteiger partial charge < -0.3 is 10.6 Å². The fourth-order valence-electron chi connectivity index (χ4n) is 2.71. The minimum atomic E-state index is -0.276. The maximum absolute atomic E-state index is 12.1. The lowest BCUT2D eigenvalue weighted by atomic mass is 10.1. The molecule has 6 nitrogen and oxygen atoms in total. The largest absolute Gasteiger partial charge is 0.350 e. The monoisotopic (exact) mass is 312 g/mol. The van der Waals surface area contributed by atoms with E-state index < -0.39 is 0 Å². The van der Waals surface area contributed by atoms with Gasteiger partial charge in [-0.1, -0.05) is 30.3 Å². The molecule has 2 N–H and O–H groups in total. The van der Waals surface area contributed by atoms with Crippen LogP contribution >= 0.6 is 0 Å². The van der Waals surface area contributed by atoms with Crippen molar-refractivity contribution in [1.29, 1.82) is 0 Å². The standard InChI is InChI=1S/C17H20N4O2/c22-16(19-14-7-4-10-18-11-14)12-21-17(23)9-8-15(20-21)13-5-2-1-3-6-13/h1-3,5-6,8-9,14,18H,4,7,10-12H2,(H,19,22). The van der Waals surface area contributed by atoms with E-state index in [0.717, 1.165) is 31.5 Å². The molecule has 2 aromatic rings. The van der Waals surface area contributed by atoms with E-state index in [4.69, 9.17) is 0 Å². The number of carbonyl (C=O) groups excluding carboxylic acids is 1. The molecule has 1 saturated heterocycles. The fourth-order valence-corrected chi connectivity index (χ4v) is 2.71. The predicted octanol–water partition coefficient (Wildman–Crippen LogP) is 0.778. The molecule has 1 aromatic heterocycles. The summed E-state index contributed by atoms with van der Waals surface area (Å²) in [5.41, 5.74) is 1.32. The number of benzene rings is 1. The highest BCUT2D eigenvalue weighted by Crippen LogP contribution is 2.13. The van der Waals surface area contributed by atoms with E-state index >= 15 is 0 Å². The van der Waals surface area contributed by atoms with Crippen molar-refractivity contribution < 1.29 is 4.79 Å². The molecular weight excluding hydrogens is 292 g/mol. The summed E-state index contributed by atoms with van der Waals surface area (Å²) >= 11 is 0. The Morgan fingerprint density at radius 2 is 2.09 bits per heavy atom. The lowest BCUT2D eigenvalue weighted by molar-refractivity contribution is -0.122. The summed E-state index contributed by atoms with van der Waals surface area (Å²) in [6.45, 7) is 1.71. The van der Waals surface area contributed by atoms with Crippen molar-refractivity contribution >= 4 is 5.91 Å². The number of nitrogens with one attached hydrogen (secondary N) is 2. The molecule has 1 unspecified atom stereocenters. The Kier molecular flexibility index (Phi) is 4.83. The molecule has 0 spiro atoms. The molecule has 1 fully saturated rings.